The number of fused-ring (bicyclic) bond motifs is 1. The van der Waals surface area contributed by atoms with Crippen LogP contribution in [0.1, 0.15) is 64.0 Å². The van der Waals surface area contributed by atoms with Crippen LogP contribution in [0.5, 0.6) is 5.75 Å². The summed E-state index contributed by atoms with van der Waals surface area (Å²) >= 11 is 0. The summed E-state index contributed by atoms with van der Waals surface area (Å²) in [6.45, 7) is 6.17. The van der Waals surface area contributed by atoms with Crippen molar-refractivity contribution >= 4 is 5.91 Å². The Balaban J connectivity index is 1.99. The molecule has 0 radical (unpaired) electrons. The number of carbonyl (C=O) groups excluding carboxylic acids is 1. The largest absolute Gasteiger partial charge is 0.481 e. The zero-order valence-electron chi connectivity index (χ0n) is 14.2. The van der Waals surface area contributed by atoms with E-state index >= 15 is 0 Å². The molecule has 1 aromatic carbocycles. The molecule has 22 heavy (non-hydrogen) atoms. The first-order valence-electron chi connectivity index (χ1n) is 8.72. The number of ether oxygens (including phenoxy) is 1. The van der Waals surface area contributed by atoms with Gasteiger partial charge in [-0.15, -0.1) is 0 Å². The van der Waals surface area contributed by atoms with Gasteiger partial charge in [0.05, 0.1) is 0 Å². The van der Waals surface area contributed by atoms with Gasteiger partial charge in [0.15, 0.2) is 6.10 Å². The molecule has 0 unspecified atom stereocenters. The molecule has 3 nitrogen and oxygen atoms in total. The van der Waals surface area contributed by atoms with Gasteiger partial charge >= 0.3 is 0 Å². The predicted octanol–water partition coefficient (Wildman–Crippen LogP) is 4.03. The average Bonchev–Trinajstić information content (AvgIpc) is 2.52. The lowest BCUT2D eigenvalue weighted by atomic mass is 9.92. The number of nitrogens with one attached hydrogen (secondary N) is 1. The van der Waals surface area contributed by atoms with Crippen LogP contribution in [0.15, 0.2) is 18.2 Å². The number of hydrogen-bond acceptors (Lipinski definition) is 2. The van der Waals surface area contributed by atoms with Gasteiger partial charge in [-0.3, -0.25) is 4.79 Å². The van der Waals surface area contributed by atoms with Crippen molar-refractivity contribution in [3.63, 3.8) is 0 Å². The minimum Gasteiger partial charge on any atom is -0.481 e. The Bertz CT molecular complexity index is 498. The molecular weight excluding hydrogens is 274 g/mol. The summed E-state index contributed by atoms with van der Waals surface area (Å²) in [6, 6.07) is 6.50. The van der Waals surface area contributed by atoms with E-state index in [1.165, 1.54) is 30.4 Å². The number of hydrogen-bond donors (Lipinski definition) is 1. The van der Waals surface area contributed by atoms with Crippen molar-refractivity contribution in [1.29, 1.82) is 0 Å². The third kappa shape index (κ3) is 4.49. The van der Waals surface area contributed by atoms with Gasteiger partial charge in [0.1, 0.15) is 5.75 Å². The maximum atomic E-state index is 12.3. The van der Waals surface area contributed by atoms with Gasteiger partial charge < -0.3 is 10.1 Å². The lowest BCUT2D eigenvalue weighted by Gasteiger charge is -2.22. The van der Waals surface area contributed by atoms with Gasteiger partial charge in [0, 0.05) is 6.04 Å². The third-order valence-corrected chi connectivity index (χ3v) is 4.37. The number of rotatable bonds is 7. The fourth-order valence-corrected chi connectivity index (χ4v) is 3.11. The van der Waals surface area contributed by atoms with Gasteiger partial charge in [0.2, 0.25) is 0 Å². The van der Waals surface area contributed by atoms with E-state index in [0.29, 0.717) is 6.42 Å². The van der Waals surface area contributed by atoms with E-state index in [2.05, 4.69) is 24.4 Å². The van der Waals surface area contributed by atoms with E-state index in [0.717, 1.165) is 25.0 Å². The lowest BCUT2D eigenvalue weighted by molar-refractivity contribution is -0.128. The van der Waals surface area contributed by atoms with E-state index in [9.17, 15) is 4.79 Å². The van der Waals surface area contributed by atoms with Crippen LogP contribution in [0, 0.1) is 0 Å². The van der Waals surface area contributed by atoms with E-state index in [1.807, 2.05) is 19.9 Å². The van der Waals surface area contributed by atoms with Gasteiger partial charge in [-0.1, -0.05) is 26.3 Å². The molecule has 0 aliphatic heterocycles. The molecule has 0 bridgehead atoms. The molecule has 1 N–H and O–H groups in total. The smallest absolute Gasteiger partial charge is 0.261 e. The first-order valence-corrected chi connectivity index (χ1v) is 8.72. The molecule has 0 saturated carbocycles. The summed E-state index contributed by atoms with van der Waals surface area (Å²) in [5.74, 6) is 0.826. The third-order valence-electron chi connectivity index (χ3n) is 4.37. The monoisotopic (exact) mass is 303 g/mol. The van der Waals surface area contributed by atoms with E-state index < -0.39 is 6.10 Å². The highest BCUT2D eigenvalue weighted by atomic mass is 16.5. The first-order chi connectivity index (χ1) is 10.6. The van der Waals surface area contributed by atoms with Crippen molar-refractivity contribution in [2.75, 3.05) is 0 Å². The van der Waals surface area contributed by atoms with Gasteiger partial charge in [-0.05, 0) is 68.7 Å². The Morgan fingerprint density at radius 3 is 2.64 bits per heavy atom. The molecule has 1 aromatic rings. The Hall–Kier alpha value is -1.51. The maximum Gasteiger partial charge on any atom is 0.261 e. The van der Waals surface area contributed by atoms with Crippen LogP contribution in [-0.4, -0.2) is 18.1 Å². The molecule has 2 atom stereocenters. The minimum atomic E-state index is -0.402. The second-order valence-corrected chi connectivity index (χ2v) is 6.35. The summed E-state index contributed by atoms with van der Waals surface area (Å²) in [4.78, 5) is 12.3. The maximum absolute atomic E-state index is 12.3. The van der Waals surface area contributed by atoms with Crippen molar-refractivity contribution in [2.24, 2.45) is 0 Å². The second kappa shape index (κ2) is 8.21. The molecule has 0 spiro atoms. The SMILES string of the molecule is CCC[C@@H](C)NC(=O)[C@H](CC)Oc1ccc2c(c1)CCCC2. The zero-order chi connectivity index (χ0) is 15.9. The van der Waals surface area contributed by atoms with Crippen LogP contribution in [0.3, 0.4) is 0 Å². The highest BCUT2D eigenvalue weighted by Gasteiger charge is 2.20. The Labute approximate surface area is 134 Å². The van der Waals surface area contributed by atoms with Crippen molar-refractivity contribution in [3.05, 3.63) is 29.3 Å². The number of aryl methyl sites for hydroxylation is 2. The van der Waals surface area contributed by atoms with Crippen molar-refractivity contribution in [2.45, 2.75) is 77.9 Å². The number of amides is 1. The van der Waals surface area contributed by atoms with Gasteiger partial charge in [-0.2, -0.15) is 0 Å². The molecule has 1 amide bonds. The molecule has 0 heterocycles. The quantitative estimate of drug-likeness (QED) is 0.826. The highest BCUT2D eigenvalue weighted by molar-refractivity contribution is 5.81. The zero-order valence-corrected chi connectivity index (χ0v) is 14.2. The van der Waals surface area contributed by atoms with Crippen LogP contribution in [0.25, 0.3) is 0 Å². The first kappa shape index (κ1) is 16.9. The molecule has 122 valence electrons. The van der Waals surface area contributed by atoms with Crippen LogP contribution in [-0.2, 0) is 17.6 Å². The Kier molecular flexibility index (Phi) is 6.29. The summed E-state index contributed by atoms with van der Waals surface area (Å²) in [6.07, 6.45) is 7.18. The summed E-state index contributed by atoms with van der Waals surface area (Å²) in [7, 11) is 0. The minimum absolute atomic E-state index is 0.00108. The molecule has 0 fully saturated rings. The predicted molar refractivity (Wildman–Crippen MR) is 90.3 cm³/mol. The average molecular weight is 303 g/mol. The molecule has 3 heteroatoms. The van der Waals surface area contributed by atoms with Crippen LogP contribution >= 0.6 is 0 Å². The van der Waals surface area contributed by atoms with Crippen molar-refractivity contribution in [3.8, 4) is 5.75 Å². The van der Waals surface area contributed by atoms with Crippen molar-refractivity contribution in [1.82, 2.24) is 5.32 Å². The Morgan fingerprint density at radius 2 is 1.95 bits per heavy atom. The van der Waals surface area contributed by atoms with Crippen LogP contribution in [0.2, 0.25) is 0 Å². The fraction of sp³-hybridized carbons (Fsp3) is 0.632. The highest BCUT2D eigenvalue weighted by Crippen LogP contribution is 2.26. The molecule has 1 aliphatic rings. The molecule has 2 rings (SSSR count). The normalized spacial score (nSPS) is 16.5. The lowest BCUT2D eigenvalue weighted by Crippen LogP contribution is -2.42. The summed E-state index contributed by atoms with van der Waals surface area (Å²) in [5.41, 5.74) is 2.83. The Morgan fingerprint density at radius 1 is 1.23 bits per heavy atom. The number of carbonyl (C=O) groups is 1. The van der Waals surface area contributed by atoms with Crippen LogP contribution in [0.4, 0.5) is 0 Å². The molecular formula is C19H29NO2. The molecule has 1 aliphatic carbocycles. The van der Waals surface area contributed by atoms with E-state index in [-0.39, 0.29) is 11.9 Å². The second-order valence-electron chi connectivity index (χ2n) is 6.35. The van der Waals surface area contributed by atoms with E-state index in [1.54, 1.807) is 0 Å². The fourth-order valence-electron chi connectivity index (χ4n) is 3.11. The topological polar surface area (TPSA) is 38.3 Å². The van der Waals surface area contributed by atoms with Crippen molar-refractivity contribution < 1.29 is 9.53 Å². The van der Waals surface area contributed by atoms with E-state index in [4.69, 9.17) is 4.74 Å². The summed E-state index contributed by atoms with van der Waals surface area (Å²) < 4.78 is 5.96. The standard InChI is InChI=1S/C19H29NO2/c1-4-8-14(3)20-19(21)18(5-2)22-17-12-11-15-9-6-7-10-16(15)13-17/h11-14,18H,4-10H2,1-3H3,(H,20,21)/t14-,18+/m1/s1. The molecule has 0 aromatic heterocycles. The van der Waals surface area contributed by atoms with Gasteiger partial charge in [0.25, 0.3) is 5.91 Å². The molecule has 0 saturated heterocycles. The number of benzene rings is 1. The van der Waals surface area contributed by atoms with Crippen LogP contribution < -0.4 is 10.1 Å². The van der Waals surface area contributed by atoms with Gasteiger partial charge in [-0.25, -0.2) is 0 Å². The summed E-state index contributed by atoms with van der Waals surface area (Å²) in [5, 5.41) is 3.05.